The van der Waals surface area contributed by atoms with Gasteiger partial charge in [-0.05, 0) is 66.5 Å². The van der Waals surface area contributed by atoms with Crippen LogP contribution in [0.4, 0.5) is 0 Å². The van der Waals surface area contributed by atoms with Gasteiger partial charge < -0.3 is 14.6 Å². The van der Waals surface area contributed by atoms with Crippen LogP contribution in [0.3, 0.4) is 0 Å². The predicted octanol–water partition coefficient (Wildman–Crippen LogP) is 5.13. The first kappa shape index (κ1) is 20.7. The van der Waals surface area contributed by atoms with E-state index in [9.17, 15) is 9.59 Å². The Morgan fingerprint density at radius 1 is 1.17 bits per heavy atom. The van der Waals surface area contributed by atoms with Crippen molar-refractivity contribution in [2.24, 2.45) is 10.8 Å². The zero-order valence-electron chi connectivity index (χ0n) is 17.6. The topological polar surface area (TPSA) is 62.6 Å². The highest BCUT2D eigenvalue weighted by molar-refractivity contribution is 6.30. The van der Waals surface area contributed by atoms with Crippen LogP contribution in [0.5, 0.6) is 0 Å². The van der Waals surface area contributed by atoms with Crippen molar-refractivity contribution in [3.05, 3.63) is 64.7 Å². The molecule has 1 aromatic carbocycles. The van der Waals surface area contributed by atoms with Gasteiger partial charge in [0, 0.05) is 29.2 Å². The summed E-state index contributed by atoms with van der Waals surface area (Å²) >= 11 is 5.92. The number of nitrogens with zero attached hydrogens (tertiary/aromatic N) is 1. The van der Waals surface area contributed by atoms with E-state index in [1.54, 1.807) is 48.7 Å². The third-order valence-electron chi connectivity index (χ3n) is 6.09. The van der Waals surface area contributed by atoms with E-state index in [-0.39, 0.29) is 34.4 Å². The van der Waals surface area contributed by atoms with E-state index in [0.717, 1.165) is 19.3 Å². The summed E-state index contributed by atoms with van der Waals surface area (Å²) in [6.07, 6.45) is 6.21. The zero-order chi connectivity index (χ0) is 21.5. The number of carbonyl (C=O) groups is 2. The number of hydrogen-bond acceptors (Lipinski definition) is 3. The molecule has 2 fully saturated rings. The summed E-state index contributed by atoms with van der Waals surface area (Å²) in [5.41, 5.74) is 0.965. The summed E-state index contributed by atoms with van der Waals surface area (Å²) in [4.78, 5) is 28.3. The van der Waals surface area contributed by atoms with E-state index in [0.29, 0.717) is 22.9 Å². The Hall–Kier alpha value is -2.53. The molecule has 0 unspecified atom stereocenters. The number of nitrogens with one attached hydrogen (secondary N) is 1. The minimum Gasteiger partial charge on any atom is -0.465 e. The van der Waals surface area contributed by atoms with Crippen molar-refractivity contribution in [1.29, 1.82) is 0 Å². The smallest absolute Gasteiger partial charge is 0.270 e. The SMILES string of the molecule is CC1(C)C[C@@H]2C[C@](C)(CN2C(=O)C(=Cc2ccco2)NC(=O)c2ccc(Cl)cc2)C1. The molecule has 0 spiro atoms. The Morgan fingerprint density at radius 2 is 1.90 bits per heavy atom. The molecular weight excluding hydrogens is 400 g/mol. The van der Waals surface area contributed by atoms with Crippen molar-refractivity contribution >= 4 is 29.5 Å². The van der Waals surface area contributed by atoms with Crippen molar-refractivity contribution in [1.82, 2.24) is 10.2 Å². The van der Waals surface area contributed by atoms with Crippen LogP contribution in [0.2, 0.25) is 5.02 Å². The third kappa shape index (κ3) is 4.31. The Bertz CT molecular complexity index is 978. The van der Waals surface area contributed by atoms with E-state index in [4.69, 9.17) is 16.0 Å². The number of benzene rings is 1. The second-order valence-corrected chi connectivity index (χ2v) is 10.1. The maximum atomic E-state index is 13.6. The second-order valence-electron chi connectivity index (χ2n) is 9.68. The van der Waals surface area contributed by atoms with E-state index in [2.05, 4.69) is 26.1 Å². The first-order valence-corrected chi connectivity index (χ1v) is 10.7. The van der Waals surface area contributed by atoms with Gasteiger partial charge in [-0.2, -0.15) is 0 Å². The minimum absolute atomic E-state index is 0.109. The van der Waals surface area contributed by atoms with Crippen molar-refractivity contribution in [3.8, 4) is 0 Å². The van der Waals surface area contributed by atoms with Gasteiger partial charge in [-0.25, -0.2) is 0 Å². The largest absolute Gasteiger partial charge is 0.465 e. The van der Waals surface area contributed by atoms with Crippen molar-refractivity contribution in [2.75, 3.05) is 6.54 Å². The molecule has 2 aliphatic rings. The highest BCUT2D eigenvalue weighted by Gasteiger charge is 2.51. The predicted molar refractivity (Wildman–Crippen MR) is 117 cm³/mol. The van der Waals surface area contributed by atoms with Gasteiger partial charge in [-0.3, -0.25) is 9.59 Å². The summed E-state index contributed by atoms with van der Waals surface area (Å²) in [7, 11) is 0. The Kier molecular flexibility index (Phi) is 5.27. The van der Waals surface area contributed by atoms with Crippen LogP contribution < -0.4 is 5.32 Å². The van der Waals surface area contributed by atoms with E-state index in [1.807, 2.05) is 4.90 Å². The van der Waals surface area contributed by atoms with Crippen LogP contribution in [0.15, 0.2) is 52.8 Å². The van der Waals surface area contributed by atoms with E-state index in [1.165, 1.54) is 0 Å². The summed E-state index contributed by atoms with van der Waals surface area (Å²) in [6.45, 7) is 7.50. The van der Waals surface area contributed by atoms with Gasteiger partial charge in [0.2, 0.25) is 0 Å². The van der Waals surface area contributed by atoms with Gasteiger partial charge >= 0.3 is 0 Å². The number of hydrogen-bond donors (Lipinski definition) is 1. The maximum absolute atomic E-state index is 13.6. The van der Waals surface area contributed by atoms with Gasteiger partial charge in [-0.1, -0.05) is 32.4 Å². The molecule has 2 heterocycles. The van der Waals surface area contributed by atoms with Gasteiger partial charge in [0.05, 0.1) is 6.26 Å². The Balaban J connectivity index is 1.61. The highest BCUT2D eigenvalue weighted by atomic mass is 35.5. The molecule has 1 saturated carbocycles. The Labute approximate surface area is 182 Å². The van der Waals surface area contributed by atoms with Gasteiger partial charge in [-0.15, -0.1) is 0 Å². The van der Waals surface area contributed by atoms with E-state index < -0.39 is 0 Å². The molecule has 5 nitrogen and oxygen atoms in total. The fraction of sp³-hybridized carbons (Fsp3) is 0.417. The van der Waals surface area contributed by atoms with Crippen LogP contribution >= 0.6 is 11.6 Å². The van der Waals surface area contributed by atoms with Gasteiger partial charge in [0.1, 0.15) is 11.5 Å². The molecule has 158 valence electrons. The average Bonchev–Trinajstić information content (AvgIpc) is 3.25. The molecule has 1 aliphatic carbocycles. The minimum atomic E-state index is -0.355. The fourth-order valence-electron chi connectivity index (χ4n) is 5.31. The molecule has 2 amide bonds. The van der Waals surface area contributed by atoms with Crippen molar-refractivity contribution in [3.63, 3.8) is 0 Å². The first-order valence-electron chi connectivity index (χ1n) is 10.3. The highest BCUT2D eigenvalue weighted by Crippen LogP contribution is 2.52. The number of halogens is 1. The van der Waals surface area contributed by atoms with E-state index >= 15 is 0 Å². The number of amides is 2. The summed E-state index contributed by atoms with van der Waals surface area (Å²) in [5.74, 6) is -0.00450. The second kappa shape index (κ2) is 7.62. The van der Waals surface area contributed by atoms with Crippen LogP contribution in [0, 0.1) is 10.8 Å². The number of furan rings is 1. The molecule has 1 saturated heterocycles. The van der Waals surface area contributed by atoms with Crippen LogP contribution in [0.25, 0.3) is 6.08 Å². The quantitative estimate of drug-likeness (QED) is 0.689. The molecule has 1 aromatic heterocycles. The van der Waals surface area contributed by atoms with Gasteiger partial charge in [0.25, 0.3) is 11.8 Å². The van der Waals surface area contributed by atoms with Crippen LogP contribution in [-0.4, -0.2) is 29.3 Å². The molecule has 2 aromatic rings. The number of likely N-dealkylation sites (tertiary alicyclic amines) is 1. The fourth-order valence-corrected chi connectivity index (χ4v) is 5.44. The number of fused-ring (bicyclic) bond motifs is 2. The zero-order valence-corrected chi connectivity index (χ0v) is 18.3. The molecule has 4 rings (SSSR count). The average molecular weight is 427 g/mol. The molecule has 6 heteroatoms. The third-order valence-corrected chi connectivity index (χ3v) is 6.34. The van der Waals surface area contributed by atoms with Crippen molar-refractivity contribution < 1.29 is 14.0 Å². The number of rotatable bonds is 4. The molecule has 1 N–H and O–H groups in total. The lowest BCUT2D eigenvalue weighted by molar-refractivity contribution is -0.128. The normalized spacial score (nSPS) is 25.3. The van der Waals surface area contributed by atoms with Gasteiger partial charge in [0.15, 0.2) is 0 Å². The summed E-state index contributed by atoms with van der Waals surface area (Å²) in [5, 5.41) is 3.36. The molecule has 2 bridgehead atoms. The molecule has 1 aliphatic heterocycles. The first-order chi connectivity index (χ1) is 14.1. The summed E-state index contributed by atoms with van der Waals surface area (Å²) in [6, 6.07) is 10.3. The summed E-state index contributed by atoms with van der Waals surface area (Å²) < 4.78 is 5.40. The molecule has 2 atom stereocenters. The van der Waals surface area contributed by atoms with Crippen LogP contribution in [0.1, 0.15) is 56.2 Å². The van der Waals surface area contributed by atoms with Crippen molar-refractivity contribution in [2.45, 2.75) is 46.1 Å². The molecule has 0 radical (unpaired) electrons. The lowest BCUT2D eigenvalue weighted by atomic mass is 9.65. The lowest BCUT2D eigenvalue weighted by Gasteiger charge is -2.39. The lowest BCUT2D eigenvalue weighted by Crippen LogP contribution is -2.42. The molecule has 30 heavy (non-hydrogen) atoms. The number of carbonyl (C=O) groups excluding carboxylic acids is 2. The van der Waals surface area contributed by atoms with Crippen LogP contribution in [-0.2, 0) is 4.79 Å². The monoisotopic (exact) mass is 426 g/mol. The molecular formula is C24H27ClN2O3. The Morgan fingerprint density at radius 3 is 2.57 bits per heavy atom. The standard InChI is InChI=1S/C24H27ClN2O3/c1-23(2)12-18-13-24(3,14-23)15-27(18)22(29)20(11-19-5-4-10-30-19)26-21(28)16-6-8-17(25)9-7-16/h4-11,18H,12-15H2,1-3H3,(H,26,28)/t18-,24+/m1/s1. The maximum Gasteiger partial charge on any atom is 0.270 e.